The van der Waals surface area contributed by atoms with Crippen LogP contribution in [0, 0.1) is 11.8 Å². The third-order valence-electron chi connectivity index (χ3n) is 5.82. The fourth-order valence-electron chi connectivity index (χ4n) is 4.21. The van der Waals surface area contributed by atoms with Crippen molar-refractivity contribution in [3.63, 3.8) is 0 Å². The maximum absolute atomic E-state index is 13.1. The molecule has 2 atom stereocenters. The van der Waals surface area contributed by atoms with Crippen LogP contribution in [0.1, 0.15) is 31.2 Å². The lowest BCUT2D eigenvalue weighted by Crippen LogP contribution is -2.19. The van der Waals surface area contributed by atoms with Crippen molar-refractivity contribution in [1.82, 2.24) is 14.6 Å². The van der Waals surface area contributed by atoms with Crippen LogP contribution in [0.15, 0.2) is 42.6 Å². The van der Waals surface area contributed by atoms with Crippen LogP contribution in [-0.2, 0) is 20.7 Å². The summed E-state index contributed by atoms with van der Waals surface area (Å²) in [5.74, 6) is 1.29. The normalized spacial score (nSPS) is 19.3. The summed E-state index contributed by atoms with van der Waals surface area (Å²) in [6, 6.07) is 8.45. The SMILES string of the molecule is NS(=O)(=O)OCC1CCC(CCNc2ccnc3cc(-c4cccc(C(F)(F)F)c4)nn23)C1. The van der Waals surface area contributed by atoms with Gasteiger partial charge in [0.15, 0.2) is 5.65 Å². The Labute approximate surface area is 189 Å². The third kappa shape index (κ3) is 6.01. The number of aromatic nitrogens is 3. The minimum atomic E-state index is -4.43. The molecule has 0 bridgehead atoms. The first-order chi connectivity index (χ1) is 15.6. The first kappa shape index (κ1) is 23.5. The molecule has 2 aromatic heterocycles. The molecule has 8 nitrogen and oxygen atoms in total. The van der Waals surface area contributed by atoms with E-state index in [1.807, 2.05) is 0 Å². The lowest BCUT2D eigenvalue weighted by molar-refractivity contribution is -0.137. The van der Waals surface area contributed by atoms with E-state index in [0.29, 0.717) is 35.2 Å². The van der Waals surface area contributed by atoms with Gasteiger partial charge >= 0.3 is 16.5 Å². The quantitative estimate of drug-likeness (QED) is 0.503. The van der Waals surface area contributed by atoms with Crippen molar-refractivity contribution in [3.8, 4) is 11.3 Å². The second kappa shape index (κ2) is 9.27. The predicted octanol–water partition coefficient (Wildman–Crippen LogP) is 3.85. The lowest BCUT2D eigenvalue weighted by Gasteiger charge is -2.13. The number of nitrogens with zero attached hydrogens (tertiary/aromatic N) is 3. The van der Waals surface area contributed by atoms with Crippen molar-refractivity contribution in [1.29, 1.82) is 0 Å². The van der Waals surface area contributed by atoms with E-state index in [1.54, 1.807) is 28.9 Å². The zero-order valence-corrected chi connectivity index (χ0v) is 18.4. The van der Waals surface area contributed by atoms with Gasteiger partial charge in [0.1, 0.15) is 5.82 Å². The first-order valence-electron chi connectivity index (χ1n) is 10.5. The standard InChI is InChI=1S/C21H24F3N5O3S/c22-21(23,24)17-3-1-2-16(11-17)18-12-20-27-9-7-19(29(20)28-18)26-8-6-14-4-5-15(10-14)13-32-33(25,30)31/h1-3,7,9,11-12,14-15,26H,4-6,8,10,13H2,(H2,25,30,31). The highest BCUT2D eigenvalue weighted by Crippen LogP contribution is 2.34. The van der Waals surface area contributed by atoms with Gasteiger partial charge in [0.25, 0.3) is 0 Å². The lowest BCUT2D eigenvalue weighted by atomic mass is 10.0. The van der Waals surface area contributed by atoms with Crippen LogP contribution in [-0.4, -0.2) is 36.2 Å². The van der Waals surface area contributed by atoms with Crippen molar-refractivity contribution >= 4 is 21.8 Å². The molecule has 4 rings (SSSR count). The van der Waals surface area contributed by atoms with Crippen molar-refractivity contribution < 1.29 is 25.8 Å². The van der Waals surface area contributed by atoms with Gasteiger partial charge in [-0.2, -0.15) is 31.2 Å². The molecular weight excluding hydrogens is 459 g/mol. The minimum Gasteiger partial charge on any atom is -0.370 e. The number of hydrogen-bond acceptors (Lipinski definition) is 6. The molecule has 2 heterocycles. The molecule has 0 amide bonds. The largest absolute Gasteiger partial charge is 0.416 e. The number of benzene rings is 1. The Balaban J connectivity index is 1.39. The maximum Gasteiger partial charge on any atom is 0.416 e. The molecule has 1 saturated carbocycles. The van der Waals surface area contributed by atoms with Crippen LogP contribution in [0.25, 0.3) is 16.9 Å². The molecule has 3 N–H and O–H groups in total. The molecule has 0 spiro atoms. The Kier molecular flexibility index (Phi) is 6.59. The summed E-state index contributed by atoms with van der Waals surface area (Å²) in [5, 5.41) is 12.7. The average Bonchev–Trinajstić information content (AvgIpc) is 3.39. The summed E-state index contributed by atoms with van der Waals surface area (Å²) < 4.78 is 67.3. The van der Waals surface area contributed by atoms with Crippen LogP contribution in [0.5, 0.6) is 0 Å². The van der Waals surface area contributed by atoms with Crippen molar-refractivity contribution in [2.45, 2.75) is 31.9 Å². The van der Waals surface area contributed by atoms with Crippen LogP contribution in [0.4, 0.5) is 19.0 Å². The summed E-state index contributed by atoms with van der Waals surface area (Å²) in [5.41, 5.74) is 0.553. The van der Waals surface area contributed by atoms with Crippen molar-refractivity contribution in [2.24, 2.45) is 17.0 Å². The van der Waals surface area contributed by atoms with Crippen LogP contribution < -0.4 is 10.5 Å². The van der Waals surface area contributed by atoms with E-state index in [-0.39, 0.29) is 12.5 Å². The highest BCUT2D eigenvalue weighted by Gasteiger charge is 2.30. The summed E-state index contributed by atoms with van der Waals surface area (Å²) >= 11 is 0. The number of halogens is 3. The second-order valence-corrected chi connectivity index (χ2v) is 9.47. The number of fused-ring (bicyclic) bond motifs is 1. The van der Waals surface area contributed by atoms with Gasteiger partial charge in [-0.05, 0) is 49.3 Å². The van der Waals surface area contributed by atoms with Crippen molar-refractivity contribution in [2.75, 3.05) is 18.5 Å². The van der Waals surface area contributed by atoms with E-state index in [2.05, 4.69) is 15.4 Å². The Bertz CT molecular complexity index is 1230. The van der Waals surface area contributed by atoms with E-state index >= 15 is 0 Å². The molecule has 3 aromatic rings. The Hall–Kier alpha value is -2.70. The van der Waals surface area contributed by atoms with E-state index in [0.717, 1.165) is 37.8 Å². The molecule has 0 radical (unpaired) electrons. The number of alkyl halides is 3. The average molecular weight is 484 g/mol. The van der Waals surface area contributed by atoms with Crippen LogP contribution in [0.3, 0.4) is 0 Å². The van der Waals surface area contributed by atoms with Gasteiger partial charge in [0.2, 0.25) is 0 Å². The summed E-state index contributed by atoms with van der Waals surface area (Å²) in [4.78, 5) is 4.26. The fraction of sp³-hybridized carbons (Fsp3) is 0.429. The van der Waals surface area contributed by atoms with Crippen molar-refractivity contribution in [3.05, 3.63) is 48.2 Å². The van der Waals surface area contributed by atoms with Gasteiger partial charge < -0.3 is 5.32 Å². The molecule has 1 aromatic carbocycles. The maximum atomic E-state index is 13.1. The number of nitrogens with one attached hydrogen (secondary N) is 1. The number of nitrogens with two attached hydrogens (primary N) is 1. The topological polar surface area (TPSA) is 112 Å². The van der Waals surface area contributed by atoms with Crippen LogP contribution >= 0.6 is 0 Å². The summed E-state index contributed by atoms with van der Waals surface area (Å²) in [6.45, 7) is 0.768. The molecule has 2 unspecified atom stereocenters. The fourth-order valence-corrected chi connectivity index (χ4v) is 4.59. The minimum absolute atomic E-state index is 0.110. The Morgan fingerprint density at radius 3 is 2.73 bits per heavy atom. The van der Waals surface area contributed by atoms with Gasteiger partial charge in [-0.3, -0.25) is 4.18 Å². The molecule has 1 fully saturated rings. The molecule has 33 heavy (non-hydrogen) atoms. The third-order valence-corrected chi connectivity index (χ3v) is 6.28. The van der Waals surface area contributed by atoms with Gasteiger partial charge in [-0.1, -0.05) is 18.6 Å². The first-order valence-corrected chi connectivity index (χ1v) is 12.0. The second-order valence-electron chi connectivity index (χ2n) is 8.25. The zero-order valence-electron chi connectivity index (χ0n) is 17.6. The molecule has 0 saturated heterocycles. The number of rotatable bonds is 8. The van der Waals surface area contributed by atoms with E-state index < -0.39 is 22.0 Å². The molecule has 1 aliphatic rings. The highest BCUT2D eigenvalue weighted by molar-refractivity contribution is 7.84. The Morgan fingerprint density at radius 1 is 1.18 bits per heavy atom. The van der Waals surface area contributed by atoms with Gasteiger partial charge in [-0.15, -0.1) is 0 Å². The molecule has 1 aliphatic carbocycles. The molecule has 0 aliphatic heterocycles. The Morgan fingerprint density at radius 2 is 1.97 bits per heavy atom. The van der Waals surface area contributed by atoms with Gasteiger partial charge in [0, 0.05) is 24.4 Å². The zero-order chi connectivity index (χ0) is 23.6. The van der Waals surface area contributed by atoms with Crippen LogP contribution in [0.2, 0.25) is 0 Å². The monoisotopic (exact) mass is 483 g/mol. The van der Waals surface area contributed by atoms with Gasteiger partial charge in [-0.25, -0.2) is 10.1 Å². The van der Waals surface area contributed by atoms with E-state index in [9.17, 15) is 21.6 Å². The number of hydrogen-bond donors (Lipinski definition) is 2. The van der Waals surface area contributed by atoms with E-state index in [4.69, 9.17) is 9.32 Å². The smallest absolute Gasteiger partial charge is 0.370 e. The summed E-state index contributed by atoms with van der Waals surface area (Å²) in [6.07, 6.45) is 0.796. The molecule has 12 heteroatoms. The summed E-state index contributed by atoms with van der Waals surface area (Å²) in [7, 11) is -3.91. The highest BCUT2D eigenvalue weighted by atomic mass is 32.2. The van der Waals surface area contributed by atoms with Gasteiger partial charge in [0.05, 0.1) is 17.9 Å². The molecular formula is C21H24F3N5O3S. The molecule has 178 valence electrons. The predicted molar refractivity (Wildman–Crippen MR) is 116 cm³/mol. The number of anilines is 1. The van der Waals surface area contributed by atoms with E-state index in [1.165, 1.54) is 6.07 Å².